The summed E-state index contributed by atoms with van der Waals surface area (Å²) in [6, 6.07) is 12.2. The number of benzene rings is 2. The molecule has 0 saturated carbocycles. The number of thiophene rings is 1. The summed E-state index contributed by atoms with van der Waals surface area (Å²) in [6.45, 7) is 0.545. The zero-order valence-corrected chi connectivity index (χ0v) is 20.3. The second-order valence-corrected chi connectivity index (χ2v) is 10.4. The number of ether oxygens (including phenoxy) is 1. The lowest BCUT2D eigenvalue weighted by molar-refractivity contribution is -0.127. The first-order valence-corrected chi connectivity index (χ1v) is 12.9. The van der Waals surface area contributed by atoms with Gasteiger partial charge in [-0.3, -0.25) is 9.59 Å². The van der Waals surface area contributed by atoms with Gasteiger partial charge < -0.3 is 14.6 Å². The van der Waals surface area contributed by atoms with Crippen LogP contribution in [0.15, 0.2) is 41.2 Å². The van der Waals surface area contributed by atoms with Crippen LogP contribution in [0.2, 0.25) is 0 Å². The van der Waals surface area contributed by atoms with Gasteiger partial charge in [-0.2, -0.15) is 0 Å². The molecule has 1 amide bonds. The molecule has 0 saturated heterocycles. The van der Waals surface area contributed by atoms with Crippen LogP contribution in [0.4, 0.5) is 0 Å². The normalized spacial score (nSPS) is 12.9. The number of carbonyl (C=O) groups excluding carboxylic acids is 1. The number of hydrogen-bond acceptors (Lipinski definition) is 6. The van der Waals surface area contributed by atoms with Gasteiger partial charge >= 0.3 is 0 Å². The lowest BCUT2D eigenvalue weighted by atomic mass is 10.1. The molecule has 0 bridgehead atoms. The third kappa shape index (κ3) is 4.50. The van der Waals surface area contributed by atoms with Gasteiger partial charge in [-0.05, 0) is 59.4 Å². The number of nitrogens with zero attached hydrogens (tertiary/aromatic N) is 2. The minimum Gasteiger partial charge on any atom is -0.497 e. The second-order valence-electron chi connectivity index (χ2n) is 8.34. The Morgan fingerprint density at radius 3 is 2.88 bits per heavy atom. The number of aromatic amines is 1. The first kappa shape index (κ1) is 22.0. The number of rotatable bonds is 7. The highest BCUT2D eigenvalue weighted by Crippen LogP contribution is 2.34. The predicted molar refractivity (Wildman–Crippen MR) is 135 cm³/mol. The van der Waals surface area contributed by atoms with Crippen LogP contribution in [0.3, 0.4) is 0 Å². The summed E-state index contributed by atoms with van der Waals surface area (Å²) in [4.78, 5) is 36.7. The molecule has 0 aliphatic heterocycles. The third-order valence-corrected chi connectivity index (χ3v) is 8.16. The summed E-state index contributed by atoms with van der Waals surface area (Å²) in [6.07, 6.45) is 3.14. The summed E-state index contributed by atoms with van der Waals surface area (Å²) in [5.74, 6) is 2.36. The van der Waals surface area contributed by atoms with Crippen LogP contribution in [0.5, 0.6) is 5.75 Å². The van der Waals surface area contributed by atoms with E-state index in [1.807, 2.05) is 31.3 Å². The van der Waals surface area contributed by atoms with E-state index in [0.29, 0.717) is 23.9 Å². The standard InChI is InChI=1S/C25H25N3O3S2/c1-28(12-15-6-7-17-11-18(31-2)9-8-16(17)10-15)22(29)14-32-13-21-26-24(30)23-19-4-3-5-20(19)33-25(23)27-21/h6-11H,3-5,12-14H2,1-2H3,(H,26,27,30). The van der Waals surface area contributed by atoms with Gasteiger partial charge in [0.1, 0.15) is 16.4 Å². The Morgan fingerprint density at radius 2 is 2.03 bits per heavy atom. The van der Waals surface area contributed by atoms with Gasteiger partial charge in [-0.15, -0.1) is 23.1 Å². The molecule has 0 unspecified atom stereocenters. The molecule has 0 radical (unpaired) electrons. The topological polar surface area (TPSA) is 75.3 Å². The SMILES string of the molecule is COc1ccc2cc(CN(C)C(=O)CSCc3nc4sc5c(c4c(=O)[nH]3)CCC5)ccc2c1. The lowest BCUT2D eigenvalue weighted by Crippen LogP contribution is -2.27. The maximum atomic E-state index is 12.7. The van der Waals surface area contributed by atoms with Gasteiger partial charge in [-0.25, -0.2) is 4.98 Å². The van der Waals surface area contributed by atoms with Gasteiger partial charge in [0.25, 0.3) is 5.56 Å². The summed E-state index contributed by atoms with van der Waals surface area (Å²) in [7, 11) is 3.48. The van der Waals surface area contributed by atoms with Crippen molar-refractivity contribution in [1.82, 2.24) is 14.9 Å². The van der Waals surface area contributed by atoms with Crippen molar-refractivity contribution in [2.24, 2.45) is 0 Å². The maximum Gasteiger partial charge on any atom is 0.259 e. The van der Waals surface area contributed by atoms with Crippen molar-refractivity contribution < 1.29 is 9.53 Å². The minimum absolute atomic E-state index is 0.0487. The molecule has 5 rings (SSSR count). The molecular weight excluding hydrogens is 454 g/mol. The van der Waals surface area contributed by atoms with Crippen molar-refractivity contribution in [3.8, 4) is 5.75 Å². The average molecular weight is 480 g/mol. The van der Waals surface area contributed by atoms with Crippen molar-refractivity contribution in [1.29, 1.82) is 0 Å². The number of aryl methyl sites for hydroxylation is 2. The van der Waals surface area contributed by atoms with Crippen LogP contribution >= 0.6 is 23.1 Å². The molecule has 4 aromatic rings. The molecule has 2 aromatic heterocycles. The molecule has 0 atom stereocenters. The van der Waals surface area contributed by atoms with E-state index in [1.54, 1.807) is 23.3 Å². The van der Waals surface area contributed by atoms with Crippen LogP contribution in [-0.2, 0) is 29.9 Å². The Balaban J connectivity index is 1.19. The molecule has 0 spiro atoms. The van der Waals surface area contributed by atoms with E-state index >= 15 is 0 Å². The van der Waals surface area contributed by atoms with Crippen LogP contribution in [-0.4, -0.2) is 40.7 Å². The quantitative estimate of drug-likeness (QED) is 0.422. The van der Waals surface area contributed by atoms with Gasteiger partial charge in [0.2, 0.25) is 5.91 Å². The zero-order valence-electron chi connectivity index (χ0n) is 18.6. The van der Waals surface area contributed by atoms with Crippen molar-refractivity contribution in [2.75, 3.05) is 19.9 Å². The van der Waals surface area contributed by atoms with Crippen LogP contribution in [0, 0.1) is 0 Å². The highest BCUT2D eigenvalue weighted by Gasteiger charge is 2.21. The molecule has 170 valence electrons. The van der Waals surface area contributed by atoms with Crippen molar-refractivity contribution in [3.05, 3.63) is 68.6 Å². The maximum absolute atomic E-state index is 12.7. The van der Waals surface area contributed by atoms with Crippen LogP contribution in [0.25, 0.3) is 21.0 Å². The molecule has 0 fully saturated rings. The second kappa shape index (κ2) is 9.19. The monoisotopic (exact) mass is 479 g/mol. The van der Waals surface area contributed by atoms with E-state index < -0.39 is 0 Å². The minimum atomic E-state index is -0.0487. The predicted octanol–water partition coefficient (Wildman–Crippen LogP) is 4.53. The molecule has 8 heteroatoms. The number of aromatic nitrogens is 2. The summed E-state index contributed by atoms with van der Waals surface area (Å²) in [5.41, 5.74) is 2.22. The zero-order chi connectivity index (χ0) is 22.9. The van der Waals surface area contributed by atoms with Gasteiger partial charge in [-0.1, -0.05) is 18.2 Å². The van der Waals surface area contributed by atoms with E-state index in [1.165, 1.54) is 22.2 Å². The fourth-order valence-electron chi connectivity index (χ4n) is 4.32. The molecule has 2 aromatic carbocycles. The third-order valence-electron chi connectivity index (χ3n) is 6.05. The smallest absolute Gasteiger partial charge is 0.259 e. The number of fused-ring (bicyclic) bond motifs is 4. The number of amides is 1. The number of carbonyl (C=O) groups is 1. The van der Waals surface area contributed by atoms with E-state index in [4.69, 9.17) is 4.74 Å². The number of thioether (sulfide) groups is 1. The fraction of sp³-hybridized carbons (Fsp3) is 0.320. The molecule has 33 heavy (non-hydrogen) atoms. The van der Waals surface area contributed by atoms with E-state index in [9.17, 15) is 9.59 Å². The molecular formula is C25H25N3O3S2. The molecule has 6 nitrogen and oxygen atoms in total. The highest BCUT2D eigenvalue weighted by atomic mass is 32.2. The number of H-pyrrole nitrogens is 1. The Labute approximate surface area is 200 Å². The van der Waals surface area contributed by atoms with E-state index in [-0.39, 0.29) is 11.5 Å². The summed E-state index contributed by atoms with van der Waals surface area (Å²) >= 11 is 3.12. The summed E-state index contributed by atoms with van der Waals surface area (Å²) < 4.78 is 5.28. The Bertz CT molecular complexity index is 1410. The summed E-state index contributed by atoms with van der Waals surface area (Å²) in [5, 5.41) is 3.00. The highest BCUT2D eigenvalue weighted by molar-refractivity contribution is 7.99. The van der Waals surface area contributed by atoms with Crippen molar-refractivity contribution in [3.63, 3.8) is 0 Å². The first-order chi connectivity index (χ1) is 16.0. The van der Waals surface area contributed by atoms with Crippen LogP contribution in [0.1, 0.15) is 28.2 Å². The Morgan fingerprint density at radius 1 is 1.21 bits per heavy atom. The number of methoxy groups -OCH3 is 1. The van der Waals surface area contributed by atoms with Crippen molar-refractivity contribution in [2.45, 2.75) is 31.6 Å². The van der Waals surface area contributed by atoms with Gasteiger partial charge in [0.05, 0.1) is 24.0 Å². The Kier molecular flexibility index (Phi) is 6.12. The number of nitrogens with one attached hydrogen (secondary N) is 1. The molecule has 1 N–H and O–H groups in total. The van der Waals surface area contributed by atoms with Crippen LogP contribution < -0.4 is 10.3 Å². The van der Waals surface area contributed by atoms with Gasteiger partial charge in [0, 0.05) is 18.5 Å². The van der Waals surface area contributed by atoms with E-state index in [2.05, 4.69) is 22.1 Å². The lowest BCUT2D eigenvalue weighted by Gasteiger charge is -2.17. The molecule has 1 aliphatic carbocycles. The molecule has 1 aliphatic rings. The Hall–Kier alpha value is -2.84. The largest absolute Gasteiger partial charge is 0.497 e. The van der Waals surface area contributed by atoms with E-state index in [0.717, 1.165) is 51.6 Å². The number of hydrogen-bond donors (Lipinski definition) is 1. The fourth-order valence-corrected chi connectivity index (χ4v) is 6.43. The average Bonchev–Trinajstić information content (AvgIpc) is 3.39. The first-order valence-electron chi connectivity index (χ1n) is 10.9. The van der Waals surface area contributed by atoms with Gasteiger partial charge in [0.15, 0.2) is 0 Å². The molecule has 2 heterocycles. The van der Waals surface area contributed by atoms with Crippen molar-refractivity contribution >= 4 is 50.0 Å².